The Morgan fingerprint density at radius 2 is 2.08 bits per heavy atom. The summed E-state index contributed by atoms with van der Waals surface area (Å²) in [5.74, 6) is 0.0265. The summed E-state index contributed by atoms with van der Waals surface area (Å²) < 4.78 is 10.6. The Hall–Kier alpha value is -3.09. The lowest BCUT2D eigenvalue weighted by molar-refractivity contribution is -0.385. The molecule has 0 fully saturated rings. The SMILES string of the molecule is CCOc1cc([N+](=O)[O-])c(C(=O)NC2CCc3ccccc32)cc1OC. The number of hydrogen-bond donors (Lipinski definition) is 1. The third-order valence-electron chi connectivity index (χ3n) is 4.46. The monoisotopic (exact) mass is 356 g/mol. The van der Waals surface area contributed by atoms with Gasteiger partial charge in [0.2, 0.25) is 0 Å². The lowest BCUT2D eigenvalue weighted by atomic mass is 10.1. The van der Waals surface area contributed by atoms with Crippen molar-refractivity contribution in [3.8, 4) is 11.5 Å². The van der Waals surface area contributed by atoms with Crippen LogP contribution >= 0.6 is 0 Å². The minimum atomic E-state index is -0.584. The van der Waals surface area contributed by atoms with Gasteiger partial charge in [0.05, 0.1) is 30.7 Å². The first-order valence-corrected chi connectivity index (χ1v) is 8.43. The fourth-order valence-electron chi connectivity index (χ4n) is 3.25. The smallest absolute Gasteiger partial charge is 0.286 e. The molecule has 2 aromatic carbocycles. The van der Waals surface area contributed by atoms with Gasteiger partial charge < -0.3 is 14.8 Å². The summed E-state index contributed by atoms with van der Waals surface area (Å²) in [6.45, 7) is 2.10. The maximum atomic E-state index is 12.8. The van der Waals surface area contributed by atoms with Crippen molar-refractivity contribution in [2.45, 2.75) is 25.8 Å². The summed E-state index contributed by atoms with van der Waals surface area (Å²) in [4.78, 5) is 23.6. The summed E-state index contributed by atoms with van der Waals surface area (Å²) in [6.07, 6.45) is 1.64. The van der Waals surface area contributed by atoms with Gasteiger partial charge in [-0.2, -0.15) is 0 Å². The molecule has 26 heavy (non-hydrogen) atoms. The third-order valence-corrected chi connectivity index (χ3v) is 4.46. The highest BCUT2D eigenvalue weighted by Crippen LogP contribution is 2.36. The number of hydrogen-bond acceptors (Lipinski definition) is 5. The van der Waals surface area contributed by atoms with E-state index in [1.54, 1.807) is 6.92 Å². The number of carbonyl (C=O) groups excluding carboxylic acids is 1. The van der Waals surface area contributed by atoms with Crippen molar-refractivity contribution in [3.05, 3.63) is 63.2 Å². The van der Waals surface area contributed by atoms with E-state index in [1.807, 2.05) is 24.3 Å². The predicted octanol–water partition coefficient (Wildman–Crippen LogP) is 3.42. The summed E-state index contributed by atoms with van der Waals surface area (Å²) >= 11 is 0. The summed E-state index contributed by atoms with van der Waals surface area (Å²) in [7, 11) is 1.43. The molecule has 0 saturated carbocycles. The molecule has 1 unspecified atom stereocenters. The van der Waals surface area contributed by atoms with Crippen LogP contribution in [0.3, 0.4) is 0 Å². The molecule has 0 aliphatic heterocycles. The standard InChI is InChI=1S/C19H20N2O5/c1-3-26-18-11-16(21(23)24)14(10-17(18)25-2)19(22)20-15-9-8-12-6-4-5-7-13(12)15/h4-7,10-11,15H,3,8-9H2,1-2H3,(H,20,22). The molecule has 0 aromatic heterocycles. The highest BCUT2D eigenvalue weighted by atomic mass is 16.6. The molecule has 1 aliphatic carbocycles. The number of ether oxygens (including phenoxy) is 2. The van der Waals surface area contributed by atoms with Crippen molar-refractivity contribution in [2.24, 2.45) is 0 Å². The van der Waals surface area contributed by atoms with Gasteiger partial charge in [-0.1, -0.05) is 24.3 Å². The first kappa shape index (κ1) is 17.7. The van der Waals surface area contributed by atoms with Gasteiger partial charge in [0, 0.05) is 6.07 Å². The van der Waals surface area contributed by atoms with E-state index < -0.39 is 10.8 Å². The molecule has 7 heteroatoms. The van der Waals surface area contributed by atoms with Gasteiger partial charge in [-0.05, 0) is 30.9 Å². The predicted molar refractivity (Wildman–Crippen MR) is 95.8 cm³/mol. The van der Waals surface area contributed by atoms with Gasteiger partial charge >= 0.3 is 0 Å². The van der Waals surface area contributed by atoms with Crippen LogP contribution in [0.25, 0.3) is 0 Å². The van der Waals surface area contributed by atoms with Gasteiger partial charge in [-0.25, -0.2) is 0 Å². The quantitative estimate of drug-likeness (QED) is 0.632. The van der Waals surface area contributed by atoms with Crippen LogP contribution in [-0.2, 0) is 6.42 Å². The molecule has 0 bridgehead atoms. The average molecular weight is 356 g/mol. The maximum absolute atomic E-state index is 12.8. The summed E-state index contributed by atoms with van der Waals surface area (Å²) in [5, 5.41) is 14.4. The largest absolute Gasteiger partial charge is 0.493 e. The molecule has 0 radical (unpaired) electrons. The van der Waals surface area contributed by atoms with Crippen LogP contribution in [0.2, 0.25) is 0 Å². The van der Waals surface area contributed by atoms with Crippen LogP contribution in [0, 0.1) is 10.1 Å². The Labute approximate surface area is 151 Å². The Kier molecular flexibility index (Phi) is 5.06. The molecule has 1 atom stereocenters. The maximum Gasteiger partial charge on any atom is 0.286 e. The first-order valence-electron chi connectivity index (χ1n) is 8.43. The molecule has 0 saturated heterocycles. The van der Waals surface area contributed by atoms with Gasteiger partial charge in [0.1, 0.15) is 5.56 Å². The van der Waals surface area contributed by atoms with E-state index in [4.69, 9.17) is 9.47 Å². The van der Waals surface area contributed by atoms with Gasteiger partial charge in [-0.15, -0.1) is 0 Å². The minimum Gasteiger partial charge on any atom is -0.493 e. The lowest BCUT2D eigenvalue weighted by Crippen LogP contribution is -2.27. The Balaban J connectivity index is 1.92. The molecule has 0 spiro atoms. The number of nitro benzene ring substituents is 1. The van der Waals surface area contributed by atoms with Crippen LogP contribution in [0.5, 0.6) is 11.5 Å². The molecular weight excluding hydrogens is 336 g/mol. The Bertz CT molecular complexity index is 850. The van der Waals surface area contributed by atoms with E-state index >= 15 is 0 Å². The summed E-state index contributed by atoms with van der Waals surface area (Å²) in [5.41, 5.74) is 1.90. The summed E-state index contributed by atoms with van der Waals surface area (Å²) in [6, 6.07) is 10.3. The van der Waals surface area contributed by atoms with Crippen molar-refractivity contribution in [3.63, 3.8) is 0 Å². The molecule has 0 heterocycles. The lowest BCUT2D eigenvalue weighted by Gasteiger charge is -2.16. The van der Waals surface area contributed by atoms with Crippen molar-refractivity contribution >= 4 is 11.6 Å². The first-order chi connectivity index (χ1) is 12.5. The second-order valence-corrected chi connectivity index (χ2v) is 5.97. The fraction of sp³-hybridized carbons (Fsp3) is 0.316. The zero-order valence-electron chi connectivity index (χ0n) is 14.7. The number of benzene rings is 2. The second-order valence-electron chi connectivity index (χ2n) is 5.97. The number of nitrogens with zero attached hydrogens (tertiary/aromatic N) is 1. The number of fused-ring (bicyclic) bond motifs is 1. The van der Waals surface area contributed by atoms with Crippen LogP contribution < -0.4 is 14.8 Å². The zero-order chi connectivity index (χ0) is 18.7. The van der Waals surface area contributed by atoms with Gasteiger partial charge in [0.15, 0.2) is 11.5 Å². The van der Waals surface area contributed by atoms with Crippen molar-refractivity contribution in [1.82, 2.24) is 5.32 Å². The molecule has 1 N–H and O–H groups in total. The number of carbonyl (C=O) groups is 1. The average Bonchev–Trinajstić information content (AvgIpc) is 3.04. The zero-order valence-corrected chi connectivity index (χ0v) is 14.7. The van der Waals surface area contributed by atoms with E-state index in [2.05, 4.69) is 5.32 Å². The molecular formula is C19H20N2O5. The second kappa shape index (κ2) is 7.43. The molecule has 2 aromatic rings. The van der Waals surface area contributed by atoms with Crippen molar-refractivity contribution in [1.29, 1.82) is 0 Å². The Morgan fingerprint density at radius 1 is 1.31 bits per heavy atom. The van der Waals surface area contributed by atoms with Crippen molar-refractivity contribution in [2.75, 3.05) is 13.7 Å². The number of nitro groups is 1. The number of nitrogens with one attached hydrogen (secondary N) is 1. The van der Waals surface area contributed by atoms with E-state index in [0.717, 1.165) is 18.4 Å². The van der Waals surface area contributed by atoms with Crippen LogP contribution in [0.4, 0.5) is 5.69 Å². The third kappa shape index (κ3) is 3.33. The molecule has 136 valence electrons. The number of aryl methyl sites for hydroxylation is 1. The van der Waals surface area contributed by atoms with Gasteiger partial charge in [-0.3, -0.25) is 14.9 Å². The number of amides is 1. The molecule has 1 aliphatic rings. The highest BCUT2D eigenvalue weighted by molar-refractivity contribution is 5.99. The van der Waals surface area contributed by atoms with Gasteiger partial charge in [0.25, 0.3) is 11.6 Å². The number of rotatable bonds is 6. The Morgan fingerprint density at radius 3 is 2.77 bits per heavy atom. The van der Waals surface area contributed by atoms with E-state index in [1.165, 1.54) is 24.8 Å². The molecule has 1 amide bonds. The molecule has 7 nitrogen and oxygen atoms in total. The number of methoxy groups -OCH3 is 1. The van der Waals surface area contributed by atoms with Crippen LogP contribution in [0.15, 0.2) is 36.4 Å². The van der Waals surface area contributed by atoms with E-state index in [0.29, 0.717) is 6.61 Å². The topological polar surface area (TPSA) is 90.7 Å². The normalized spacial score (nSPS) is 15.2. The fourth-order valence-corrected chi connectivity index (χ4v) is 3.25. The van der Waals surface area contributed by atoms with Crippen LogP contribution in [0.1, 0.15) is 40.9 Å². The van der Waals surface area contributed by atoms with Crippen LogP contribution in [-0.4, -0.2) is 24.5 Å². The minimum absolute atomic E-state index is 0.0420. The van der Waals surface area contributed by atoms with E-state index in [-0.39, 0.29) is 28.8 Å². The highest BCUT2D eigenvalue weighted by Gasteiger charge is 2.29. The molecule has 3 rings (SSSR count). The van der Waals surface area contributed by atoms with Crippen molar-refractivity contribution < 1.29 is 19.2 Å². The van der Waals surface area contributed by atoms with E-state index in [9.17, 15) is 14.9 Å².